The molecular weight excluding hydrogens is 234 g/mol. The third-order valence-electron chi connectivity index (χ3n) is 3.58. The molecule has 1 N–H and O–H groups in total. The number of hydrogen-bond donors (Lipinski definition) is 1. The Morgan fingerprint density at radius 2 is 1.89 bits per heavy atom. The predicted molar refractivity (Wildman–Crippen MR) is 66.1 cm³/mol. The largest absolute Gasteiger partial charge is 0.380 e. The number of carbonyl (C=O) groups excluding carboxylic acids is 2. The zero-order valence-corrected chi connectivity index (χ0v) is 10.9. The Morgan fingerprint density at radius 3 is 2.61 bits per heavy atom. The third-order valence-corrected chi connectivity index (χ3v) is 3.58. The molecule has 0 aromatic heterocycles. The number of nitrogens with zero attached hydrogens (tertiary/aromatic N) is 2. The van der Waals surface area contributed by atoms with Crippen molar-refractivity contribution in [3.8, 4) is 0 Å². The number of methoxy groups -OCH3 is 1. The lowest BCUT2D eigenvalue weighted by molar-refractivity contribution is -0.151. The SMILES string of the molecule is COC1CCN(C(=O)C(=O)N2CCCNCC2)C1. The van der Waals surface area contributed by atoms with Crippen molar-refractivity contribution >= 4 is 11.8 Å². The van der Waals surface area contributed by atoms with Gasteiger partial charge in [-0.2, -0.15) is 0 Å². The van der Waals surface area contributed by atoms with Gasteiger partial charge in [0, 0.05) is 39.8 Å². The normalized spacial score (nSPS) is 25.1. The smallest absolute Gasteiger partial charge is 0.312 e. The molecule has 2 fully saturated rings. The van der Waals surface area contributed by atoms with Crippen LogP contribution in [-0.4, -0.2) is 74.1 Å². The van der Waals surface area contributed by atoms with Crippen molar-refractivity contribution < 1.29 is 14.3 Å². The molecule has 0 aromatic carbocycles. The maximum absolute atomic E-state index is 12.1. The molecule has 2 saturated heterocycles. The summed E-state index contributed by atoms with van der Waals surface area (Å²) in [6, 6.07) is 0. The Morgan fingerprint density at radius 1 is 1.11 bits per heavy atom. The zero-order valence-electron chi connectivity index (χ0n) is 10.9. The monoisotopic (exact) mass is 255 g/mol. The topological polar surface area (TPSA) is 61.9 Å². The Bertz CT molecular complexity index is 314. The Balaban J connectivity index is 1.89. The summed E-state index contributed by atoms with van der Waals surface area (Å²) in [5.74, 6) is -0.744. The quantitative estimate of drug-likeness (QED) is 0.614. The van der Waals surface area contributed by atoms with E-state index in [0.717, 1.165) is 25.9 Å². The molecule has 2 rings (SSSR count). The molecular formula is C12H21N3O3. The van der Waals surface area contributed by atoms with Gasteiger partial charge in [-0.15, -0.1) is 0 Å². The molecule has 6 heteroatoms. The molecule has 2 heterocycles. The summed E-state index contributed by atoms with van der Waals surface area (Å²) in [5, 5.41) is 3.22. The van der Waals surface area contributed by atoms with Crippen molar-refractivity contribution in [3.05, 3.63) is 0 Å². The van der Waals surface area contributed by atoms with Crippen molar-refractivity contribution in [2.45, 2.75) is 18.9 Å². The highest BCUT2D eigenvalue weighted by molar-refractivity contribution is 6.34. The van der Waals surface area contributed by atoms with E-state index in [1.54, 1.807) is 16.9 Å². The van der Waals surface area contributed by atoms with Crippen LogP contribution in [0.4, 0.5) is 0 Å². The molecule has 1 unspecified atom stereocenters. The average molecular weight is 255 g/mol. The highest BCUT2D eigenvalue weighted by Gasteiger charge is 2.32. The van der Waals surface area contributed by atoms with Gasteiger partial charge in [0.1, 0.15) is 0 Å². The third kappa shape index (κ3) is 3.00. The van der Waals surface area contributed by atoms with Crippen molar-refractivity contribution in [1.82, 2.24) is 15.1 Å². The fraction of sp³-hybridized carbons (Fsp3) is 0.833. The summed E-state index contributed by atoms with van der Waals surface area (Å²) in [6.45, 7) is 4.11. The van der Waals surface area contributed by atoms with Crippen molar-refractivity contribution in [1.29, 1.82) is 0 Å². The minimum absolute atomic E-state index is 0.0764. The van der Waals surface area contributed by atoms with Gasteiger partial charge in [0.15, 0.2) is 0 Å². The van der Waals surface area contributed by atoms with Crippen LogP contribution in [0.3, 0.4) is 0 Å². The van der Waals surface area contributed by atoms with Crippen LogP contribution in [0.15, 0.2) is 0 Å². The minimum Gasteiger partial charge on any atom is -0.380 e. The van der Waals surface area contributed by atoms with E-state index in [1.165, 1.54) is 0 Å². The van der Waals surface area contributed by atoms with Gasteiger partial charge in [-0.05, 0) is 19.4 Å². The van der Waals surface area contributed by atoms with Crippen molar-refractivity contribution in [2.75, 3.05) is 46.4 Å². The Kier molecular flexibility index (Phi) is 4.54. The lowest BCUT2D eigenvalue weighted by atomic mass is 10.3. The highest BCUT2D eigenvalue weighted by Crippen LogP contribution is 2.13. The number of amides is 2. The molecule has 0 spiro atoms. The number of hydrogen-bond acceptors (Lipinski definition) is 4. The number of carbonyl (C=O) groups is 2. The van der Waals surface area contributed by atoms with Gasteiger partial charge >= 0.3 is 11.8 Å². The zero-order chi connectivity index (χ0) is 13.0. The lowest BCUT2D eigenvalue weighted by Crippen LogP contribution is -2.45. The molecule has 102 valence electrons. The van der Waals surface area contributed by atoms with Crippen LogP contribution in [0.5, 0.6) is 0 Å². The van der Waals surface area contributed by atoms with Crippen LogP contribution in [0, 0.1) is 0 Å². The summed E-state index contributed by atoms with van der Waals surface area (Å²) >= 11 is 0. The summed E-state index contributed by atoms with van der Waals surface area (Å²) in [6.07, 6.45) is 1.80. The molecule has 18 heavy (non-hydrogen) atoms. The second-order valence-electron chi connectivity index (χ2n) is 4.79. The maximum atomic E-state index is 12.1. The first-order valence-corrected chi connectivity index (χ1v) is 6.54. The van der Waals surface area contributed by atoms with E-state index in [0.29, 0.717) is 26.2 Å². The van der Waals surface area contributed by atoms with Crippen LogP contribution in [0.25, 0.3) is 0 Å². The van der Waals surface area contributed by atoms with Crippen LogP contribution in [-0.2, 0) is 14.3 Å². The maximum Gasteiger partial charge on any atom is 0.312 e. The molecule has 2 amide bonds. The molecule has 0 saturated carbocycles. The average Bonchev–Trinajstić information content (AvgIpc) is 2.71. The number of ether oxygens (including phenoxy) is 1. The fourth-order valence-corrected chi connectivity index (χ4v) is 2.42. The first-order chi connectivity index (χ1) is 8.72. The van der Waals surface area contributed by atoms with Crippen LogP contribution in [0.1, 0.15) is 12.8 Å². The van der Waals surface area contributed by atoms with Gasteiger partial charge in [-0.1, -0.05) is 0 Å². The van der Waals surface area contributed by atoms with E-state index in [9.17, 15) is 9.59 Å². The molecule has 6 nitrogen and oxygen atoms in total. The molecule has 2 aliphatic heterocycles. The summed E-state index contributed by atoms with van der Waals surface area (Å²) in [4.78, 5) is 27.4. The van der Waals surface area contributed by atoms with E-state index < -0.39 is 0 Å². The molecule has 0 bridgehead atoms. The van der Waals surface area contributed by atoms with E-state index in [1.807, 2.05) is 0 Å². The molecule has 1 atom stereocenters. The van der Waals surface area contributed by atoms with Gasteiger partial charge < -0.3 is 19.9 Å². The number of nitrogens with one attached hydrogen (secondary N) is 1. The van der Waals surface area contributed by atoms with Gasteiger partial charge in [0.05, 0.1) is 6.10 Å². The van der Waals surface area contributed by atoms with Crippen LogP contribution in [0.2, 0.25) is 0 Å². The number of rotatable bonds is 1. The van der Waals surface area contributed by atoms with E-state index >= 15 is 0 Å². The highest BCUT2D eigenvalue weighted by atomic mass is 16.5. The van der Waals surface area contributed by atoms with Gasteiger partial charge in [0.2, 0.25) is 0 Å². The van der Waals surface area contributed by atoms with Gasteiger partial charge in [-0.3, -0.25) is 9.59 Å². The standard InChI is InChI=1S/C12H21N3O3/c1-18-10-3-7-15(9-10)12(17)11(16)14-6-2-4-13-5-8-14/h10,13H,2-9H2,1H3. The molecule has 2 aliphatic rings. The second kappa shape index (κ2) is 6.15. The van der Waals surface area contributed by atoms with E-state index in [2.05, 4.69) is 5.32 Å². The van der Waals surface area contributed by atoms with Crippen molar-refractivity contribution in [2.24, 2.45) is 0 Å². The predicted octanol–water partition coefficient (Wildman–Crippen LogP) is -0.944. The van der Waals surface area contributed by atoms with Crippen LogP contribution >= 0.6 is 0 Å². The van der Waals surface area contributed by atoms with Gasteiger partial charge in [-0.25, -0.2) is 0 Å². The van der Waals surface area contributed by atoms with Crippen LogP contribution < -0.4 is 5.32 Å². The fourth-order valence-electron chi connectivity index (χ4n) is 2.42. The molecule has 0 aromatic rings. The first kappa shape index (κ1) is 13.3. The van der Waals surface area contributed by atoms with E-state index in [4.69, 9.17) is 4.74 Å². The lowest BCUT2D eigenvalue weighted by Gasteiger charge is -2.22. The minimum atomic E-state index is -0.378. The summed E-state index contributed by atoms with van der Waals surface area (Å²) in [5.41, 5.74) is 0. The number of likely N-dealkylation sites (tertiary alicyclic amines) is 1. The van der Waals surface area contributed by atoms with Gasteiger partial charge in [0.25, 0.3) is 0 Å². The second-order valence-corrected chi connectivity index (χ2v) is 4.79. The van der Waals surface area contributed by atoms with E-state index in [-0.39, 0.29) is 17.9 Å². The molecule has 0 radical (unpaired) electrons. The molecule has 0 aliphatic carbocycles. The van der Waals surface area contributed by atoms with Crippen molar-refractivity contribution in [3.63, 3.8) is 0 Å². The first-order valence-electron chi connectivity index (χ1n) is 6.54. The Hall–Kier alpha value is -1.14. The summed E-state index contributed by atoms with van der Waals surface area (Å²) in [7, 11) is 1.64. The summed E-state index contributed by atoms with van der Waals surface area (Å²) < 4.78 is 5.21. The Labute approximate surface area is 107 Å².